The molecule has 0 aliphatic rings. The molecule has 0 amide bonds. The Morgan fingerprint density at radius 1 is 1.36 bits per heavy atom. The molecule has 0 fully saturated rings. The van der Waals surface area contributed by atoms with Crippen LogP contribution in [0.2, 0.25) is 10.0 Å². The second kappa shape index (κ2) is 5.70. The Labute approximate surface area is 116 Å². The fourth-order valence-corrected chi connectivity index (χ4v) is 2.03. The van der Waals surface area contributed by atoms with Gasteiger partial charge >= 0.3 is 29.6 Å². The molecule has 3 nitrogen and oxygen atoms in total. The van der Waals surface area contributed by atoms with Gasteiger partial charge in [-0.2, -0.15) is 8.42 Å². The van der Waals surface area contributed by atoms with Gasteiger partial charge in [0, 0.05) is 10.0 Å². The van der Waals surface area contributed by atoms with Crippen LogP contribution in [-0.4, -0.2) is 13.0 Å². The fraction of sp³-hybridized carbons (Fsp3) is 0.143. The third kappa shape index (κ3) is 4.98. The van der Waals surface area contributed by atoms with E-state index in [1.807, 2.05) is 0 Å². The summed E-state index contributed by atoms with van der Waals surface area (Å²) in [5.41, 5.74) is 0.327. The van der Waals surface area contributed by atoms with Crippen molar-refractivity contribution >= 4 is 33.3 Å². The molecule has 1 rings (SSSR count). The second-order valence-corrected chi connectivity index (χ2v) is 4.76. The van der Waals surface area contributed by atoms with Crippen LogP contribution < -0.4 is 29.6 Å². The van der Waals surface area contributed by atoms with Crippen molar-refractivity contribution in [3.05, 3.63) is 33.8 Å². The van der Waals surface area contributed by atoms with E-state index >= 15 is 0 Å². The molecular formula is C7H7Cl2NaO3S. The fourth-order valence-electron chi connectivity index (χ4n) is 0.835. The van der Waals surface area contributed by atoms with Crippen LogP contribution in [0.5, 0.6) is 0 Å². The van der Waals surface area contributed by atoms with Gasteiger partial charge in [0.15, 0.2) is 0 Å². The maximum absolute atomic E-state index is 10.5. The van der Waals surface area contributed by atoms with E-state index in [0.29, 0.717) is 10.6 Å². The van der Waals surface area contributed by atoms with Crippen LogP contribution in [0.1, 0.15) is 6.99 Å². The second-order valence-electron chi connectivity index (χ2n) is 2.46. The molecule has 0 atom stereocenters. The Morgan fingerprint density at radius 2 is 1.93 bits per heavy atom. The first-order chi connectivity index (χ1) is 5.88. The molecule has 0 saturated carbocycles. The van der Waals surface area contributed by atoms with Crippen molar-refractivity contribution in [1.29, 1.82) is 0 Å². The minimum absolute atomic E-state index is 0. The SMILES string of the molecule is O=S(=O)(O)Cc1ccc(Cl)cc1Cl.[H-].[Na+]. The van der Waals surface area contributed by atoms with Gasteiger partial charge in [-0.3, -0.25) is 4.55 Å². The molecule has 1 aromatic carbocycles. The molecule has 0 aromatic heterocycles. The van der Waals surface area contributed by atoms with Crippen LogP contribution in [0.3, 0.4) is 0 Å². The first kappa shape index (κ1) is 14.7. The number of benzene rings is 1. The van der Waals surface area contributed by atoms with Crippen molar-refractivity contribution in [2.45, 2.75) is 5.75 Å². The first-order valence-corrected chi connectivity index (χ1v) is 5.64. The Bertz CT molecular complexity index is 424. The number of halogens is 2. The summed E-state index contributed by atoms with van der Waals surface area (Å²) in [4.78, 5) is 0. The van der Waals surface area contributed by atoms with Crippen LogP contribution in [-0.2, 0) is 15.9 Å². The van der Waals surface area contributed by atoms with Crippen molar-refractivity contribution in [1.82, 2.24) is 0 Å². The van der Waals surface area contributed by atoms with E-state index in [1.54, 1.807) is 0 Å². The molecule has 1 N–H and O–H groups in total. The summed E-state index contributed by atoms with van der Waals surface area (Å²) in [6.45, 7) is 0. The Hall–Kier alpha value is 0.710. The molecule has 0 heterocycles. The maximum atomic E-state index is 10.5. The van der Waals surface area contributed by atoms with Gasteiger partial charge in [-0.25, -0.2) is 0 Å². The standard InChI is InChI=1S/C7H6Cl2O3S.Na.H/c8-6-2-1-5(7(9)3-6)4-13(10,11)12;;/h1-3H,4H2,(H,10,11,12);;/q;+1;-1. The van der Waals surface area contributed by atoms with Crippen molar-refractivity contribution < 1.29 is 44.0 Å². The number of rotatable bonds is 2. The largest absolute Gasteiger partial charge is 1.00 e. The number of hydrogen-bond donors (Lipinski definition) is 1. The van der Waals surface area contributed by atoms with E-state index in [1.165, 1.54) is 18.2 Å². The predicted molar refractivity (Wildman–Crippen MR) is 52.8 cm³/mol. The molecule has 0 radical (unpaired) electrons. The van der Waals surface area contributed by atoms with E-state index in [0.717, 1.165) is 0 Å². The van der Waals surface area contributed by atoms with Crippen molar-refractivity contribution in [3.63, 3.8) is 0 Å². The monoisotopic (exact) mass is 264 g/mol. The van der Waals surface area contributed by atoms with Gasteiger partial charge in [0.25, 0.3) is 10.1 Å². The topological polar surface area (TPSA) is 54.4 Å². The van der Waals surface area contributed by atoms with Gasteiger partial charge in [0.1, 0.15) is 5.75 Å². The normalized spacial score (nSPS) is 10.8. The van der Waals surface area contributed by atoms with Gasteiger partial charge < -0.3 is 1.43 Å². The van der Waals surface area contributed by atoms with E-state index < -0.39 is 15.9 Å². The quantitative estimate of drug-likeness (QED) is 0.579. The molecule has 0 saturated heterocycles. The molecular weight excluding hydrogens is 258 g/mol. The van der Waals surface area contributed by atoms with Crippen LogP contribution in [0, 0.1) is 0 Å². The number of hydrogen-bond acceptors (Lipinski definition) is 2. The van der Waals surface area contributed by atoms with E-state index in [4.69, 9.17) is 27.8 Å². The zero-order chi connectivity index (χ0) is 10.1. The molecule has 0 aliphatic carbocycles. The van der Waals surface area contributed by atoms with Crippen LogP contribution >= 0.6 is 23.2 Å². The van der Waals surface area contributed by atoms with E-state index in [-0.39, 0.29) is 36.0 Å². The van der Waals surface area contributed by atoms with Crippen LogP contribution in [0.25, 0.3) is 0 Å². The molecule has 74 valence electrons. The van der Waals surface area contributed by atoms with Gasteiger partial charge in [-0.1, -0.05) is 29.3 Å². The average molecular weight is 265 g/mol. The van der Waals surface area contributed by atoms with Crippen molar-refractivity contribution in [3.8, 4) is 0 Å². The van der Waals surface area contributed by atoms with Crippen molar-refractivity contribution in [2.24, 2.45) is 0 Å². The van der Waals surface area contributed by atoms with Gasteiger partial charge in [-0.05, 0) is 17.7 Å². The zero-order valence-corrected chi connectivity index (χ0v) is 11.7. The minimum Gasteiger partial charge on any atom is -1.00 e. The summed E-state index contributed by atoms with van der Waals surface area (Å²) < 4.78 is 29.5. The molecule has 0 spiro atoms. The summed E-state index contributed by atoms with van der Waals surface area (Å²) in [7, 11) is -4.04. The van der Waals surface area contributed by atoms with E-state index in [2.05, 4.69) is 0 Å². The van der Waals surface area contributed by atoms with E-state index in [9.17, 15) is 8.42 Å². The third-order valence-corrected chi connectivity index (χ3v) is 2.62. The molecule has 0 unspecified atom stereocenters. The van der Waals surface area contributed by atoms with Gasteiger partial charge in [0.2, 0.25) is 0 Å². The van der Waals surface area contributed by atoms with Crippen LogP contribution in [0.15, 0.2) is 18.2 Å². The Kier molecular flexibility index (Phi) is 5.99. The van der Waals surface area contributed by atoms with Gasteiger partial charge in [-0.15, -0.1) is 0 Å². The minimum atomic E-state index is -4.04. The molecule has 0 bridgehead atoms. The maximum Gasteiger partial charge on any atom is 1.00 e. The van der Waals surface area contributed by atoms with Gasteiger partial charge in [0.05, 0.1) is 0 Å². The molecule has 14 heavy (non-hydrogen) atoms. The summed E-state index contributed by atoms with van der Waals surface area (Å²) in [5.74, 6) is -0.497. The zero-order valence-electron chi connectivity index (χ0n) is 8.37. The first-order valence-electron chi connectivity index (χ1n) is 3.27. The molecule has 7 heteroatoms. The Balaban J connectivity index is 0. The molecule has 1 aromatic rings. The Morgan fingerprint density at radius 3 is 2.36 bits per heavy atom. The summed E-state index contributed by atoms with van der Waals surface area (Å²) in [5, 5.41) is 0.647. The molecule has 0 aliphatic heterocycles. The average Bonchev–Trinajstić information content (AvgIpc) is 1.93. The third-order valence-electron chi connectivity index (χ3n) is 1.35. The van der Waals surface area contributed by atoms with Crippen LogP contribution in [0.4, 0.5) is 0 Å². The summed E-state index contributed by atoms with van der Waals surface area (Å²) in [6, 6.07) is 4.38. The smallest absolute Gasteiger partial charge is 1.00 e. The summed E-state index contributed by atoms with van der Waals surface area (Å²) >= 11 is 11.3. The van der Waals surface area contributed by atoms with Crippen molar-refractivity contribution in [2.75, 3.05) is 0 Å². The predicted octanol–water partition coefficient (Wildman–Crippen LogP) is -0.502. The summed E-state index contributed by atoms with van der Waals surface area (Å²) in [6.07, 6.45) is 0.